The monoisotopic (exact) mass is 262 g/mol. The third-order valence-corrected chi connectivity index (χ3v) is 3.83. The van der Waals surface area contributed by atoms with E-state index in [2.05, 4.69) is 68.6 Å². The Balaban J connectivity index is 2.14. The zero-order valence-corrected chi connectivity index (χ0v) is 12.2. The van der Waals surface area contributed by atoms with E-state index in [1.54, 1.807) is 0 Å². The van der Waals surface area contributed by atoms with Gasteiger partial charge in [-0.1, -0.05) is 80.8 Å². The van der Waals surface area contributed by atoms with E-state index >= 15 is 0 Å². The molecule has 0 N–H and O–H groups in total. The van der Waals surface area contributed by atoms with Crippen LogP contribution in [0, 0.1) is 0 Å². The van der Waals surface area contributed by atoms with Crippen molar-refractivity contribution in [3.63, 3.8) is 0 Å². The Morgan fingerprint density at radius 1 is 0.850 bits per heavy atom. The van der Waals surface area contributed by atoms with Crippen LogP contribution >= 0.6 is 0 Å². The highest BCUT2D eigenvalue weighted by Gasteiger charge is 2.10. The van der Waals surface area contributed by atoms with Gasteiger partial charge in [-0.15, -0.1) is 0 Å². The van der Waals surface area contributed by atoms with Crippen LogP contribution in [0.1, 0.15) is 41.5 Å². The molecule has 0 aliphatic rings. The molecule has 0 radical (unpaired) electrons. The van der Waals surface area contributed by atoms with Crippen LogP contribution in [0.5, 0.6) is 0 Å². The lowest BCUT2D eigenvalue weighted by Gasteiger charge is -2.16. The molecule has 0 aliphatic carbocycles. The normalized spacial score (nSPS) is 11.8. The molecule has 1 atom stereocenters. The van der Waals surface area contributed by atoms with E-state index in [4.69, 9.17) is 0 Å². The summed E-state index contributed by atoms with van der Waals surface area (Å²) in [5, 5.41) is 0. The minimum absolute atomic E-state index is 0.573. The van der Waals surface area contributed by atoms with Crippen LogP contribution in [-0.4, -0.2) is 0 Å². The van der Waals surface area contributed by atoms with Crippen LogP contribution in [-0.2, 0) is 6.42 Å². The van der Waals surface area contributed by atoms with E-state index in [0.29, 0.717) is 5.92 Å². The van der Waals surface area contributed by atoms with Crippen molar-refractivity contribution in [1.29, 1.82) is 0 Å². The Morgan fingerprint density at radius 2 is 1.35 bits per heavy atom. The summed E-state index contributed by atoms with van der Waals surface area (Å²) in [5.74, 6) is 0.573. The highest BCUT2D eigenvalue weighted by molar-refractivity contribution is 5.48. The van der Waals surface area contributed by atoms with E-state index in [-0.39, 0.29) is 0 Å². The van der Waals surface area contributed by atoms with Crippen molar-refractivity contribution in [3.8, 4) is 0 Å². The smallest absolute Gasteiger partial charge is 0.0124 e. The van der Waals surface area contributed by atoms with Gasteiger partial charge < -0.3 is 0 Å². The second-order valence-electron chi connectivity index (χ2n) is 5.13. The van der Waals surface area contributed by atoms with Crippen LogP contribution in [0.25, 0.3) is 12.2 Å². The van der Waals surface area contributed by atoms with E-state index in [0.717, 1.165) is 12.8 Å². The van der Waals surface area contributed by atoms with Crippen molar-refractivity contribution in [2.45, 2.75) is 25.7 Å². The first-order chi connectivity index (χ1) is 9.76. The van der Waals surface area contributed by atoms with Gasteiger partial charge in [0.15, 0.2) is 0 Å². The van der Waals surface area contributed by atoms with Crippen LogP contribution in [0.3, 0.4) is 0 Å². The third-order valence-electron chi connectivity index (χ3n) is 3.83. The molecule has 0 fully saturated rings. The quantitative estimate of drug-likeness (QED) is 0.625. The fourth-order valence-electron chi connectivity index (χ4n) is 2.48. The molecule has 0 bridgehead atoms. The summed E-state index contributed by atoms with van der Waals surface area (Å²) in [6, 6.07) is 17.4. The van der Waals surface area contributed by atoms with Crippen molar-refractivity contribution >= 4 is 12.2 Å². The Morgan fingerprint density at radius 3 is 1.80 bits per heavy atom. The second-order valence-corrected chi connectivity index (χ2v) is 5.13. The average Bonchev–Trinajstić information content (AvgIpc) is 2.53. The summed E-state index contributed by atoms with van der Waals surface area (Å²) in [7, 11) is 0. The van der Waals surface area contributed by atoms with Crippen LogP contribution < -0.4 is 0 Å². The van der Waals surface area contributed by atoms with Gasteiger partial charge in [0.2, 0.25) is 0 Å². The molecule has 20 heavy (non-hydrogen) atoms. The number of benzene rings is 2. The van der Waals surface area contributed by atoms with Crippen molar-refractivity contribution in [1.82, 2.24) is 0 Å². The van der Waals surface area contributed by atoms with Crippen molar-refractivity contribution in [2.24, 2.45) is 0 Å². The first-order valence-electron chi connectivity index (χ1n) is 7.20. The summed E-state index contributed by atoms with van der Waals surface area (Å²) in [4.78, 5) is 0. The molecule has 0 heteroatoms. The molecule has 2 rings (SSSR count). The zero-order chi connectivity index (χ0) is 14.4. The molecule has 1 unspecified atom stereocenters. The van der Waals surface area contributed by atoms with Gasteiger partial charge in [0.1, 0.15) is 0 Å². The zero-order valence-electron chi connectivity index (χ0n) is 12.2. The van der Waals surface area contributed by atoms with Crippen molar-refractivity contribution in [2.75, 3.05) is 0 Å². The van der Waals surface area contributed by atoms with Gasteiger partial charge in [-0.25, -0.2) is 0 Å². The molecule has 0 spiro atoms. The summed E-state index contributed by atoms with van der Waals surface area (Å²) in [6.07, 6.45) is 6.01. The lowest BCUT2D eigenvalue weighted by Crippen LogP contribution is -2.01. The molecule has 0 aliphatic heterocycles. The van der Waals surface area contributed by atoms with Gasteiger partial charge in [-0.2, -0.15) is 0 Å². The maximum Gasteiger partial charge on any atom is -0.0124 e. The summed E-state index contributed by atoms with van der Waals surface area (Å²) < 4.78 is 0. The van der Waals surface area contributed by atoms with Gasteiger partial charge in [0, 0.05) is 0 Å². The highest BCUT2D eigenvalue weighted by Crippen LogP contribution is 2.25. The molecule has 0 saturated heterocycles. The maximum absolute atomic E-state index is 3.80. The van der Waals surface area contributed by atoms with Gasteiger partial charge in [-0.05, 0) is 41.0 Å². The van der Waals surface area contributed by atoms with Crippen molar-refractivity contribution < 1.29 is 0 Å². The molecule has 0 heterocycles. The molecular formula is C20H22. The van der Waals surface area contributed by atoms with Gasteiger partial charge in [0.05, 0.1) is 0 Å². The highest BCUT2D eigenvalue weighted by atomic mass is 14.1. The first-order valence-corrected chi connectivity index (χ1v) is 7.20. The molecule has 2 aromatic carbocycles. The van der Waals surface area contributed by atoms with Crippen molar-refractivity contribution in [3.05, 3.63) is 83.9 Å². The molecule has 0 nitrogen and oxygen atoms in total. The summed E-state index contributed by atoms with van der Waals surface area (Å²) in [5.41, 5.74) is 5.15. The second kappa shape index (κ2) is 6.91. The predicted octanol–water partition coefficient (Wildman–Crippen LogP) is 5.71. The standard InChI is InChI=1S/C20H22/c1-4-16-7-9-18(10-8-16)15-19(6-3)20-13-11-17(5-2)12-14-20/h4-5,7-14,19H,1-2,6,15H2,3H3. The molecule has 102 valence electrons. The fraction of sp³-hybridized carbons (Fsp3) is 0.200. The Kier molecular flexibility index (Phi) is 4.95. The van der Waals surface area contributed by atoms with Crippen LogP contribution in [0.15, 0.2) is 61.7 Å². The van der Waals surface area contributed by atoms with Gasteiger partial charge in [0.25, 0.3) is 0 Å². The number of hydrogen-bond acceptors (Lipinski definition) is 0. The van der Waals surface area contributed by atoms with Crippen LogP contribution in [0.4, 0.5) is 0 Å². The van der Waals surface area contributed by atoms with Crippen LogP contribution in [0.2, 0.25) is 0 Å². The largest absolute Gasteiger partial charge is 0.0985 e. The van der Waals surface area contributed by atoms with E-state index < -0.39 is 0 Å². The molecule has 0 aromatic heterocycles. The van der Waals surface area contributed by atoms with Gasteiger partial charge in [-0.3, -0.25) is 0 Å². The van der Waals surface area contributed by atoms with E-state index in [1.807, 2.05) is 12.2 Å². The average molecular weight is 262 g/mol. The molecular weight excluding hydrogens is 240 g/mol. The predicted molar refractivity (Wildman–Crippen MR) is 89.8 cm³/mol. The topological polar surface area (TPSA) is 0 Å². The molecule has 2 aromatic rings. The Labute approximate surface area is 122 Å². The third kappa shape index (κ3) is 3.48. The summed E-state index contributed by atoms with van der Waals surface area (Å²) in [6.45, 7) is 9.85. The maximum atomic E-state index is 3.80. The van der Waals surface area contributed by atoms with E-state index in [9.17, 15) is 0 Å². The number of rotatable bonds is 6. The Bertz CT molecular complexity index is 558. The lowest BCUT2D eigenvalue weighted by atomic mass is 9.89. The minimum Gasteiger partial charge on any atom is -0.0985 e. The van der Waals surface area contributed by atoms with E-state index in [1.165, 1.54) is 22.3 Å². The minimum atomic E-state index is 0.573. The lowest BCUT2D eigenvalue weighted by molar-refractivity contribution is 0.660. The molecule has 0 amide bonds. The fourth-order valence-corrected chi connectivity index (χ4v) is 2.48. The van der Waals surface area contributed by atoms with Gasteiger partial charge >= 0.3 is 0 Å². The summed E-state index contributed by atoms with van der Waals surface area (Å²) >= 11 is 0. The Hall–Kier alpha value is -2.08. The SMILES string of the molecule is C=Cc1ccc(CC(CC)c2ccc(C=C)cc2)cc1. The molecule has 0 saturated carbocycles. The first kappa shape index (κ1) is 14.3. The number of hydrogen-bond donors (Lipinski definition) is 0.